The van der Waals surface area contributed by atoms with Crippen LogP contribution in [0.2, 0.25) is 0 Å². The van der Waals surface area contributed by atoms with E-state index in [0.29, 0.717) is 27.8 Å². The number of amides is 2. The molecule has 2 heterocycles. The van der Waals surface area contributed by atoms with E-state index in [0.717, 1.165) is 31.2 Å². The lowest BCUT2D eigenvalue weighted by molar-refractivity contribution is 0.1000. The van der Waals surface area contributed by atoms with Gasteiger partial charge in [0.2, 0.25) is 0 Å². The fourth-order valence-electron chi connectivity index (χ4n) is 3.45. The summed E-state index contributed by atoms with van der Waals surface area (Å²) < 4.78 is 5.17. The maximum atomic E-state index is 12.4. The molecule has 24 heavy (non-hydrogen) atoms. The largest absolute Gasteiger partial charge is 0.469 e. The number of aryl methyl sites for hydroxylation is 1. The van der Waals surface area contributed by atoms with Gasteiger partial charge in [-0.25, -0.2) is 0 Å². The van der Waals surface area contributed by atoms with Crippen LogP contribution < -0.4 is 11.1 Å². The zero-order valence-corrected chi connectivity index (χ0v) is 14.8. The molecule has 0 unspecified atom stereocenters. The molecule has 1 aliphatic rings. The number of furan rings is 1. The molecule has 128 valence electrons. The third-order valence-corrected chi connectivity index (χ3v) is 5.81. The number of carbonyl (C=O) groups excluding carboxylic acids is 2. The summed E-state index contributed by atoms with van der Waals surface area (Å²) in [4.78, 5) is 25.6. The number of hydrogen-bond donors (Lipinski definition) is 2. The van der Waals surface area contributed by atoms with Crippen molar-refractivity contribution in [2.45, 2.75) is 46.0 Å². The van der Waals surface area contributed by atoms with E-state index in [1.165, 1.54) is 28.9 Å². The van der Waals surface area contributed by atoms with Crippen molar-refractivity contribution in [1.29, 1.82) is 0 Å². The summed E-state index contributed by atoms with van der Waals surface area (Å²) in [5, 5.41) is 3.42. The van der Waals surface area contributed by atoms with Gasteiger partial charge in [0.15, 0.2) is 0 Å². The van der Waals surface area contributed by atoms with E-state index in [9.17, 15) is 9.59 Å². The number of nitrogens with two attached hydrogens (primary N) is 1. The van der Waals surface area contributed by atoms with Crippen molar-refractivity contribution in [3.63, 3.8) is 0 Å². The van der Waals surface area contributed by atoms with Crippen LogP contribution in [-0.2, 0) is 12.8 Å². The second-order valence-electron chi connectivity index (χ2n) is 6.31. The summed E-state index contributed by atoms with van der Waals surface area (Å²) in [5.74, 6) is 0.465. The van der Waals surface area contributed by atoms with Crippen LogP contribution in [0, 0.1) is 12.8 Å². The highest BCUT2D eigenvalue weighted by atomic mass is 32.1. The van der Waals surface area contributed by atoms with E-state index in [4.69, 9.17) is 10.2 Å². The first-order chi connectivity index (χ1) is 11.5. The number of thiophene rings is 1. The minimum absolute atomic E-state index is 0.271. The maximum absolute atomic E-state index is 12.4. The summed E-state index contributed by atoms with van der Waals surface area (Å²) in [6.07, 6.45) is 6.74. The van der Waals surface area contributed by atoms with E-state index >= 15 is 0 Å². The summed E-state index contributed by atoms with van der Waals surface area (Å²) in [7, 11) is 0. The molecule has 0 bridgehead atoms. The topological polar surface area (TPSA) is 85.3 Å². The van der Waals surface area contributed by atoms with E-state index in [1.807, 2.05) is 0 Å². The van der Waals surface area contributed by atoms with E-state index in [2.05, 4.69) is 12.2 Å². The Bertz CT molecular complexity index is 775. The van der Waals surface area contributed by atoms with Gasteiger partial charge in [0.25, 0.3) is 11.8 Å². The van der Waals surface area contributed by atoms with Crippen molar-refractivity contribution in [3.8, 4) is 0 Å². The molecule has 0 aliphatic heterocycles. The highest BCUT2D eigenvalue weighted by Crippen LogP contribution is 2.40. The molecule has 0 saturated heterocycles. The van der Waals surface area contributed by atoms with Crippen LogP contribution in [0.4, 0.5) is 5.00 Å². The van der Waals surface area contributed by atoms with Crippen molar-refractivity contribution in [1.82, 2.24) is 0 Å². The Morgan fingerprint density at radius 2 is 2.25 bits per heavy atom. The van der Waals surface area contributed by atoms with Crippen LogP contribution in [0.25, 0.3) is 0 Å². The molecule has 6 heteroatoms. The highest BCUT2D eigenvalue weighted by molar-refractivity contribution is 7.17. The van der Waals surface area contributed by atoms with Crippen LogP contribution in [0.15, 0.2) is 16.7 Å². The zero-order valence-electron chi connectivity index (χ0n) is 14.0. The van der Waals surface area contributed by atoms with Gasteiger partial charge in [0.05, 0.1) is 17.4 Å². The fraction of sp³-hybridized carbons (Fsp3) is 0.444. The van der Waals surface area contributed by atoms with Crippen LogP contribution in [0.3, 0.4) is 0 Å². The molecular formula is C18H22N2O3S. The number of primary amides is 1. The number of nitrogens with one attached hydrogen (secondary N) is 1. The molecule has 1 aliphatic carbocycles. The Labute approximate surface area is 145 Å². The van der Waals surface area contributed by atoms with Crippen LogP contribution >= 0.6 is 11.3 Å². The van der Waals surface area contributed by atoms with Gasteiger partial charge in [-0.3, -0.25) is 9.59 Å². The average Bonchev–Trinajstić information content (AvgIpc) is 3.10. The normalized spacial score (nSPS) is 16.7. The lowest BCUT2D eigenvalue weighted by Gasteiger charge is -2.21. The summed E-state index contributed by atoms with van der Waals surface area (Å²) in [6.45, 7) is 3.93. The van der Waals surface area contributed by atoms with Gasteiger partial charge in [-0.15, -0.1) is 11.3 Å². The molecule has 3 rings (SSSR count). The fourth-order valence-corrected chi connectivity index (χ4v) is 4.81. The Hall–Kier alpha value is -2.08. The van der Waals surface area contributed by atoms with Gasteiger partial charge in [0.1, 0.15) is 10.8 Å². The molecule has 2 amide bonds. The van der Waals surface area contributed by atoms with E-state index in [-0.39, 0.29) is 5.91 Å². The Morgan fingerprint density at radius 3 is 2.88 bits per heavy atom. The molecule has 0 aromatic carbocycles. The standard InChI is InChI=1S/C18H22N2O3S/c1-3-4-11-5-6-13-14(9-11)24-18(15(13)16(19)21)20-17(22)12-7-8-23-10(12)2/h7-8,11H,3-6,9H2,1-2H3,(H2,19,21)(H,20,22)/t11-/m0/s1. The maximum Gasteiger partial charge on any atom is 0.259 e. The number of anilines is 1. The second kappa shape index (κ2) is 6.81. The molecule has 2 aromatic heterocycles. The predicted molar refractivity (Wildman–Crippen MR) is 94.7 cm³/mol. The van der Waals surface area contributed by atoms with Gasteiger partial charge >= 0.3 is 0 Å². The lowest BCUT2D eigenvalue weighted by Crippen LogP contribution is -2.20. The van der Waals surface area contributed by atoms with Gasteiger partial charge < -0.3 is 15.5 Å². The van der Waals surface area contributed by atoms with Gasteiger partial charge in [-0.05, 0) is 43.7 Å². The number of rotatable bonds is 5. The Kier molecular flexibility index (Phi) is 4.76. The van der Waals surface area contributed by atoms with Crippen molar-refractivity contribution in [2.75, 3.05) is 5.32 Å². The summed E-state index contributed by atoms with van der Waals surface area (Å²) in [5.41, 5.74) is 7.58. The van der Waals surface area contributed by atoms with Gasteiger partial charge in [-0.2, -0.15) is 0 Å². The summed E-state index contributed by atoms with van der Waals surface area (Å²) >= 11 is 1.49. The molecule has 0 saturated carbocycles. The van der Waals surface area contributed by atoms with Gasteiger partial charge in [-0.1, -0.05) is 19.8 Å². The predicted octanol–water partition coefficient (Wildman–Crippen LogP) is 3.91. The zero-order chi connectivity index (χ0) is 17.3. The second-order valence-corrected chi connectivity index (χ2v) is 7.42. The molecular weight excluding hydrogens is 324 g/mol. The van der Waals surface area contributed by atoms with E-state index < -0.39 is 5.91 Å². The van der Waals surface area contributed by atoms with E-state index in [1.54, 1.807) is 13.0 Å². The SMILES string of the molecule is CCC[C@H]1CCc2c(sc(NC(=O)c3ccoc3C)c2C(N)=O)C1. The molecule has 2 aromatic rings. The molecule has 1 atom stereocenters. The van der Waals surface area contributed by atoms with Crippen molar-refractivity contribution in [2.24, 2.45) is 11.7 Å². The highest BCUT2D eigenvalue weighted by Gasteiger charge is 2.28. The molecule has 0 radical (unpaired) electrons. The van der Waals surface area contributed by atoms with Crippen LogP contribution in [0.1, 0.15) is 63.1 Å². The summed E-state index contributed by atoms with van der Waals surface area (Å²) in [6, 6.07) is 1.62. The molecule has 0 fully saturated rings. The van der Waals surface area contributed by atoms with Crippen molar-refractivity contribution in [3.05, 3.63) is 39.7 Å². The molecule has 3 N–H and O–H groups in total. The third-order valence-electron chi connectivity index (χ3n) is 4.64. The molecule has 5 nitrogen and oxygen atoms in total. The Balaban J connectivity index is 1.90. The quantitative estimate of drug-likeness (QED) is 0.861. The number of carbonyl (C=O) groups is 2. The third kappa shape index (κ3) is 3.11. The van der Waals surface area contributed by atoms with Crippen molar-refractivity contribution < 1.29 is 14.0 Å². The van der Waals surface area contributed by atoms with Crippen LogP contribution in [-0.4, -0.2) is 11.8 Å². The minimum Gasteiger partial charge on any atom is -0.469 e. The van der Waals surface area contributed by atoms with Crippen molar-refractivity contribution >= 4 is 28.2 Å². The number of fused-ring (bicyclic) bond motifs is 1. The lowest BCUT2D eigenvalue weighted by atomic mass is 9.84. The first kappa shape index (κ1) is 16.8. The number of hydrogen-bond acceptors (Lipinski definition) is 4. The smallest absolute Gasteiger partial charge is 0.259 e. The molecule has 0 spiro atoms. The average molecular weight is 346 g/mol. The first-order valence-electron chi connectivity index (χ1n) is 8.31. The van der Waals surface area contributed by atoms with Gasteiger partial charge in [0, 0.05) is 4.88 Å². The first-order valence-corrected chi connectivity index (χ1v) is 9.12. The monoisotopic (exact) mass is 346 g/mol. The Morgan fingerprint density at radius 1 is 1.46 bits per heavy atom. The van der Waals surface area contributed by atoms with Crippen LogP contribution in [0.5, 0.6) is 0 Å². The minimum atomic E-state index is -0.472.